The molecule has 2 aromatic rings. The predicted molar refractivity (Wildman–Crippen MR) is 86.8 cm³/mol. The van der Waals surface area contributed by atoms with Gasteiger partial charge in [0.2, 0.25) is 0 Å². The van der Waals surface area contributed by atoms with Crippen LogP contribution in [0.3, 0.4) is 0 Å². The minimum Gasteiger partial charge on any atom is -0.289 e. The molecule has 0 saturated heterocycles. The van der Waals surface area contributed by atoms with E-state index in [4.69, 9.17) is 0 Å². The van der Waals surface area contributed by atoms with E-state index < -0.39 is 0 Å². The van der Waals surface area contributed by atoms with Crippen LogP contribution in [0.15, 0.2) is 53.4 Å². The SMILES string of the molecule is CCC(C)c1ccc(C(=O)c2ccc(SC)cc2)cc1. The molecule has 0 saturated carbocycles. The first-order valence-electron chi connectivity index (χ1n) is 6.94. The molecule has 0 aliphatic heterocycles. The summed E-state index contributed by atoms with van der Waals surface area (Å²) >= 11 is 1.68. The summed E-state index contributed by atoms with van der Waals surface area (Å²) in [6.45, 7) is 4.38. The molecule has 0 aliphatic rings. The zero-order valence-electron chi connectivity index (χ0n) is 12.2. The summed E-state index contributed by atoms with van der Waals surface area (Å²) in [7, 11) is 0. The van der Waals surface area contributed by atoms with Crippen molar-refractivity contribution in [1.82, 2.24) is 0 Å². The largest absolute Gasteiger partial charge is 0.289 e. The third kappa shape index (κ3) is 3.31. The maximum absolute atomic E-state index is 12.4. The molecule has 0 spiro atoms. The molecule has 20 heavy (non-hydrogen) atoms. The average molecular weight is 284 g/mol. The van der Waals surface area contributed by atoms with Gasteiger partial charge in [-0.3, -0.25) is 4.79 Å². The van der Waals surface area contributed by atoms with Gasteiger partial charge in [-0.15, -0.1) is 11.8 Å². The van der Waals surface area contributed by atoms with Gasteiger partial charge in [0.25, 0.3) is 0 Å². The van der Waals surface area contributed by atoms with Crippen molar-refractivity contribution in [2.75, 3.05) is 6.26 Å². The Hall–Kier alpha value is -1.54. The average Bonchev–Trinajstić information content (AvgIpc) is 2.53. The fourth-order valence-electron chi connectivity index (χ4n) is 2.11. The van der Waals surface area contributed by atoms with Crippen LogP contribution in [0.4, 0.5) is 0 Å². The Morgan fingerprint density at radius 3 is 1.95 bits per heavy atom. The molecule has 0 aliphatic carbocycles. The number of rotatable bonds is 5. The van der Waals surface area contributed by atoms with Gasteiger partial charge in [0, 0.05) is 16.0 Å². The molecule has 104 valence electrons. The van der Waals surface area contributed by atoms with Crippen molar-refractivity contribution < 1.29 is 4.79 Å². The molecule has 0 heterocycles. The fourth-order valence-corrected chi connectivity index (χ4v) is 2.52. The molecule has 0 fully saturated rings. The van der Waals surface area contributed by atoms with E-state index in [1.54, 1.807) is 11.8 Å². The monoisotopic (exact) mass is 284 g/mol. The van der Waals surface area contributed by atoms with Crippen LogP contribution in [0.2, 0.25) is 0 Å². The standard InChI is InChI=1S/C18H20OS/c1-4-13(2)14-5-7-15(8-6-14)18(19)16-9-11-17(20-3)12-10-16/h5-13H,4H2,1-3H3. The smallest absolute Gasteiger partial charge is 0.193 e. The predicted octanol–water partition coefficient (Wildman–Crippen LogP) is 5.15. The quantitative estimate of drug-likeness (QED) is 0.557. The summed E-state index contributed by atoms with van der Waals surface area (Å²) < 4.78 is 0. The van der Waals surface area contributed by atoms with Crippen molar-refractivity contribution in [2.45, 2.75) is 31.1 Å². The highest BCUT2D eigenvalue weighted by Gasteiger charge is 2.10. The van der Waals surface area contributed by atoms with Gasteiger partial charge in [0.15, 0.2) is 5.78 Å². The van der Waals surface area contributed by atoms with E-state index in [9.17, 15) is 4.79 Å². The van der Waals surface area contributed by atoms with E-state index in [2.05, 4.69) is 26.0 Å². The lowest BCUT2D eigenvalue weighted by molar-refractivity contribution is 0.103. The van der Waals surface area contributed by atoms with Crippen LogP contribution in [0.25, 0.3) is 0 Å². The van der Waals surface area contributed by atoms with Crippen molar-refractivity contribution in [3.8, 4) is 0 Å². The summed E-state index contributed by atoms with van der Waals surface area (Å²) in [5, 5.41) is 0. The maximum atomic E-state index is 12.4. The molecule has 0 aromatic heterocycles. The first-order chi connectivity index (χ1) is 9.65. The topological polar surface area (TPSA) is 17.1 Å². The van der Waals surface area contributed by atoms with E-state index in [-0.39, 0.29) is 5.78 Å². The van der Waals surface area contributed by atoms with Crippen LogP contribution in [0.5, 0.6) is 0 Å². The van der Waals surface area contributed by atoms with Gasteiger partial charge in [-0.1, -0.05) is 38.1 Å². The number of benzene rings is 2. The van der Waals surface area contributed by atoms with Crippen LogP contribution in [-0.2, 0) is 0 Å². The number of carbonyl (C=O) groups is 1. The lowest BCUT2D eigenvalue weighted by atomic mass is 9.95. The minimum absolute atomic E-state index is 0.0911. The van der Waals surface area contributed by atoms with Crippen LogP contribution < -0.4 is 0 Å². The highest BCUT2D eigenvalue weighted by molar-refractivity contribution is 7.98. The van der Waals surface area contributed by atoms with Gasteiger partial charge in [0.1, 0.15) is 0 Å². The van der Waals surface area contributed by atoms with E-state index >= 15 is 0 Å². The molecule has 0 bridgehead atoms. The van der Waals surface area contributed by atoms with Crippen LogP contribution >= 0.6 is 11.8 Å². The zero-order chi connectivity index (χ0) is 14.5. The normalized spacial score (nSPS) is 12.2. The van der Waals surface area contributed by atoms with Gasteiger partial charge in [-0.2, -0.15) is 0 Å². The van der Waals surface area contributed by atoms with Crippen LogP contribution in [0, 0.1) is 0 Å². The third-order valence-corrected chi connectivity index (χ3v) is 4.45. The van der Waals surface area contributed by atoms with Crippen LogP contribution in [0.1, 0.15) is 47.7 Å². The molecule has 0 N–H and O–H groups in total. The lowest BCUT2D eigenvalue weighted by Crippen LogP contribution is -2.01. The highest BCUT2D eigenvalue weighted by Crippen LogP contribution is 2.21. The van der Waals surface area contributed by atoms with Crippen molar-refractivity contribution in [3.63, 3.8) is 0 Å². The summed E-state index contributed by atoms with van der Waals surface area (Å²) in [6, 6.07) is 15.8. The Labute approximate surface area is 125 Å². The summed E-state index contributed by atoms with van der Waals surface area (Å²) in [6.07, 6.45) is 3.15. The van der Waals surface area contributed by atoms with Crippen LogP contribution in [-0.4, -0.2) is 12.0 Å². The Kier molecular flexibility index (Phi) is 5.02. The first-order valence-corrected chi connectivity index (χ1v) is 8.17. The second-order valence-corrected chi connectivity index (χ2v) is 5.87. The molecule has 1 unspecified atom stereocenters. The highest BCUT2D eigenvalue weighted by atomic mass is 32.2. The Balaban J connectivity index is 2.19. The van der Waals surface area contributed by atoms with Gasteiger partial charge in [-0.05, 0) is 48.4 Å². The van der Waals surface area contributed by atoms with Crippen molar-refractivity contribution in [3.05, 3.63) is 65.2 Å². The molecule has 0 amide bonds. The molecular weight excluding hydrogens is 264 g/mol. The Bertz CT molecular complexity index is 569. The van der Waals surface area contributed by atoms with Crippen molar-refractivity contribution in [1.29, 1.82) is 0 Å². The van der Waals surface area contributed by atoms with E-state index in [0.29, 0.717) is 5.92 Å². The number of thioether (sulfide) groups is 1. The van der Waals surface area contributed by atoms with Gasteiger partial charge in [0.05, 0.1) is 0 Å². The molecule has 2 aromatic carbocycles. The van der Waals surface area contributed by atoms with Crippen molar-refractivity contribution in [2.24, 2.45) is 0 Å². The molecule has 2 rings (SSSR count). The number of carbonyl (C=O) groups excluding carboxylic acids is 1. The number of ketones is 1. The lowest BCUT2D eigenvalue weighted by Gasteiger charge is -2.09. The van der Waals surface area contributed by atoms with Crippen molar-refractivity contribution >= 4 is 17.5 Å². The summed E-state index contributed by atoms with van der Waals surface area (Å²) in [4.78, 5) is 13.6. The van der Waals surface area contributed by atoms with Gasteiger partial charge >= 0.3 is 0 Å². The Morgan fingerprint density at radius 2 is 1.50 bits per heavy atom. The van der Waals surface area contributed by atoms with E-state index in [0.717, 1.165) is 17.5 Å². The number of hydrogen-bond donors (Lipinski definition) is 0. The minimum atomic E-state index is 0.0911. The summed E-state index contributed by atoms with van der Waals surface area (Å²) in [5.74, 6) is 0.633. The number of hydrogen-bond acceptors (Lipinski definition) is 2. The second kappa shape index (κ2) is 6.76. The zero-order valence-corrected chi connectivity index (χ0v) is 13.0. The second-order valence-electron chi connectivity index (χ2n) is 4.99. The van der Waals surface area contributed by atoms with Gasteiger partial charge < -0.3 is 0 Å². The first kappa shape index (κ1) is 14.9. The fraction of sp³-hybridized carbons (Fsp3) is 0.278. The molecular formula is C18H20OS. The molecule has 0 radical (unpaired) electrons. The molecule has 1 nitrogen and oxygen atoms in total. The van der Waals surface area contributed by atoms with E-state index in [1.807, 2.05) is 42.7 Å². The van der Waals surface area contributed by atoms with Gasteiger partial charge in [-0.25, -0.2) is 0 Å². The molecule has 2 heteroatoms. The molecule has 1 atom stereocenters. The Morgan fingerprint density at radius 1 is 1.00 bits per heavy atom. The summed E-state index contributed by atoms with van der Waals surface area (Å²) in [5.41, 5.74) is 2.80. The third-order valence-electron chi connectivity index (χ3n) is 3.71. The maximum Gasteiger partial charge on any atom is 0.193 e. The van der Waals surface area contributed by atoms with E-state index in [1.165, 1.54) is 10.5 Å².